The number of piperazine rings is 1. The Morgan fingerprint density at radius 1 is 1.14 bits per heavy atom. The lowest BCUT2D eigenvalue weighted by molar-refractivity contribution is -0.126. The summed E-state index contributed by atoms with van der Waals surface area (Å²) in [5.41, 5.74) is 0.370. The van der Waals surface area contributed by atoms with Crippen molar-refractivity contribution < 1.29 is 18.3 Å². The number of hydrogen-bond donors (Lipinski definition) is 1. The number of nitrogens with zero attached hydrogens (tertiary/aromatic N) is 2. The number of anilines is 1. The van der Waals surface area contributed by atoms with Crippen molar-refractivity contribution >= 4 is 11.6 Å². The van der Waals surface area contributed by atoms with Crippen molar-refractivity contribution in [3.8, 4) is 0 Å². The SMILES string of the molecule is CCOCC(=O)N[C@H]1CC[C@H](CCN2CCN(c3cccc(F)c3F)CC2)CC1. The van der Waals surface area contributed by atoms with Crippen molar-refractivity contribution in [2.75, 3.05) is 50.8 Å². The molecule has 1 aliphatic heterocycles. The summed E-state index contributed by atoms with van der Waals surface area (Å²) in [6.45, 7) is 6.84. The van der Waals surface area contributed by atoms with Gasteiger partial charge in [-0.05, 0) is 63.6 Å². The maximum absolute atomic E-state index is 14.0. The first-order valence-electron chi connectivity index (χ1n) is 10.8. The van der Waals surface area contributed by atoms with E-state index in [-0.39, 0.29) is 18.6 Å². The molecule has 1 aromatic carbocycles. The smallest absolute Gasteiger partial charge is 0.246 e. The molecule has 162 valence electrons. The van der Waals surface area contributed by atoms with E-state index in [9.17, 15) is 13.6 Å². The number of carbonyl (C=O) groups is 1. The van der Waals surface area contributed by atoms with Crippen LogP contribution in [0.3, 0.4) is 0 Å². The maximum atomic E-state index is 14.0. The van der Waals surface area contributed by atoms with E-state index < -0.39 is 11.6 Å². The first-order valence-corrected chi connectivity index (χ1v) is 10.8. The summed E-state index contributed by atoms with van der Waals surface area (Å²) in [5.74, 6) is -0.836. The highest BCUT2D eigenvalue weighted by Gasteiger charge is 2.24. The Morgan fingerprint density at radius 2 is 1.86 bits per heavy atom. The molecule has 0 radical (unpaired) electrons. The van der Waals surface area contributed by atoms with Crippen LogP contribution in [0.1, 0.15) is 39.0 Å². The molecule has 0 atom stereocenters. The Morgan fingerprint density at radius 3 is 2.55 bits per heavy atom. The summed E-state index contributed by atoms with van der Waals surface area (Å²) >= 11 is 0. The highest BCUT2D eigenvalue weighted by molar-refractivity contribution is 5.77. The molecule has 1 aromatic rings. The molecule has 1 saturated carbocycles. The molecule has 0 bridgehead atoms. The van der Waals surface area contributed by atoms with E-state index in [0.717, 1.165) is 70.9 Å². The standard InChI is InChI=1S/C22H33F2N3O2/c1-2-29-16-21(28)25-18-8-6-17(7-9-18)10-11-26-12-14-27(15-13-26)20-5-3-4-19(23)22(20)24/h3-5,17-18H,2,6-16H2,1H3,(H,25,28)/t17-,18-. The van der Waals surface area contributed by atoms with Crippen LogP contribution in [0.15, 0.2) is 18.2 Å². The normalized spacial score (nSPS) is 23.2. The lowest BCUT2D eigenvalue weighted by Crippen LogP contribution is -2.47. The van der Waals surface area contributed by atoms with Crippen LogP contribution in [0.5, 0.6) is 0 Å². The van der Waals surface area contributed by atoms with E-state index in [2.05, 4.69) is 10.2 Å². The Kier molecular flexibility index (Phi) is 8.24. The zero-order valence-corrected chi connectivity index (χ0v) is 17.3. The molecule has 0 spiro atoms. The molecule has 1 aliphatic carbocycles. The Balaban J connectivity index is 1.33. The van der Waals surface area contributed by atoms with Gasteiger partial charge in [0.1, 0.15) is 6.61 Å². The average Bonchev–Trinajstić information content (AvgIpc) is 2.74. The van der Waals surface area contributed by atoms with Crippen LogP contribution < -0.4 is 10.2 Å². The zero-order valence-electron chi connectivity index (χ0n) is 17.3. The summed E-state index contributed by atoms with van der Waals surface area (Å²) in [7, 11) is 0. The number of rotatable bonds is 8. The minimum Gasteiger partial charge on any atom is -0.372 e. The van der Waals surface area contributed by atoms with Gasteiger partial charge in [0.2, 0.25) is 5.91 Å². The van der Waals surface area contributed by atoms with Crippen molar-refractivity contribution in [2.45, 2.75) is 45.1 Å². The van der Waals surface area contributed by atoms with E-state index in [4.69, 9.17) is 4.74 Å². The summed E-state index contributed by atoms with van der Waals surface area (Å²) in [5, 5.41) is 3.07. The minimum absolute atomic E-state index is 0.0112. The lowest BCUT2D eigenvalue weighted by atomic mass is 9.84. The van der Waals surface area contributed by atoms with Crippen LogP contribution in [-0.2, 0) is 9.53 Å². The van der Waals surface area contributed by atoms with Crippen LogP contribution in [0.25, 0.3) is 0 Å². The second kappa shape index (κ2) is 10.9. The van der Waals surface area contributed by atoms with E-state index in [0.29, 0.717) is 18.2 Å². The molecule has 7 heteroatoms. The zero-order chi connectivity index (χ0) is 20.6. The fourth-order valence-corrected chi connectivity index (χ4v) is 4.37. The molecule has 1 heterocycles. The van der Waals surface area contributed by atoms with Gasteiger partial charge in [0.05, 0.1) is 5.69 Å². The fourth-order valence-electron chi connectivity index (χ4n) is 4.37. The summed E-state index contributed by atoms with van der Waals surface area (Å²) in [6, 6.07) is 4.66. The number of carbonyl (C=O) groups excluding carboxylic acids is 1. The van der Waals surface area contributed by atoms with E-state index in [1.54, 1.807) is 12.1 Å². The number of amides is 1. The second-order valence-corrected chi connectivity index (χ2v) is 8.11. The number of hydrogen-bond acceptors (Lipinski definition) is 4. The molecule has 3 rings (SSSR count). The van der Waals surface area contributed by atoms with Gasteiger partial charge in [0, 0.05) is 38.8 Å². The Labute approximate surface area is 172 Å². The minimum atomic E-state index is -0.783. The molecule has 2 aliphatic rings. The highest BCUT2D eigenvalue weighted by Crippen LogP contribution is 2.28. The highest BCUT2D eigenvalue weighted by atomic mass is 19.2. The van der Waals surface area contributed by atoms with E-state index in [1.165, 1.54) is 0 Å². The third-order valence-corrected chi connectivity index (χ3v) is 6.15. The quantitative estimate of drug-likeness (QED) is 0.716. The molecule has 29 heavy (non-hydrogen) atoms. The van der Waals surface area contributed by atoms with Gasteiger partial charge in [-0.3, -0.25) is 9.69 Å². The topological polar surface area (TPSA) is 44.8 Å². The second-order valence-electron chi connectivity index (χ2n) is 8.11. The molecular weight excluding hydrogens is 376 g/mol. The Bertz CT molecular complexity index is 657. The van der Waals surface area contributed by atoms with Gasteiger partial charge in [-0.15, -0.1) is 0 Å². The molecule has 2 fully saturated rings. The van der Waals surface area contributed by atoms with Crippen molar-refractivity contribution in [3.05, 3.63) is 29.8 Å². The van der Waals surface area contributed by atoms with Gasteiger partial charge in [-0.25, -0.2) is 8.78 Å². The first-order chi connectivity index (χ1) is 14.1. The van der Waals surface area contributed by atoms with Crippen LogP contribution in [0.2, 0.25) is 0 Å². The number of ether oxygens (including phenoxy) is 1. The summed E-state index contributed by atoms with van der Waals surface area (Å²) in [4.78, 5) is 16.1. The molecule has 1 N–H and O–H groups in total. The number of halogens is 2. The Hall–Kier alpha value is -1.73. The van der Waals surface area contributed by atoms with Crippen molar-refractivity contribution in [2.24, 2.45) is 5.92 Å². The predicted octanol–water partition coefficient (Wildman–Crippen LogP) is 3.19. The average molecular weight is 410 g/mol. The molecule has 0 aromatic heterocycles. The largest absolute Gasteiger partial charge is 0.372 e. The van der Waals surface area contributed by atoms with E-state index in [1.807, 2.05) is 11.8 Å². The summed E-state index contributed by atoms with van der Waals surface area (Å²) in [6.07, 6.45) is 5.53. The van der Waals surface area contributed by atoms with Crippen molar-refractivity contribution in [1.29, 1.82) is 0 Å². The van der Waals surface area contributed by atoms with Gasteiger partial charge in [-0.2, -0.15) is 0 Å². The van der Waals surface area contributed by atoms with Crippen LogP contribution in [0.4, 0.5) is 14.5 Å². The molecule has 0 unspecified atom stereocenters. The number of nitrogens with one attached hydrogen (secondary N) is 1. The van der Waals surface area contributed by atoms with Gasteiger partial charge < -0.3 is 15.0 Å². The van der Waals surface area contributed by atoms with E-state index >= 15 is 0 Å². The fraction of sp³-hybridized carbons (Fsp3) is 0.682. The van der Waals surface area contributed by atoms with Crippen LogP contribution >= 0.6 is 0 Å². The number of benzene rings is 1. The third-order valence-electron chi connectivity index (χ3n) is 6.15. The molecular formula is C22H33F2N3O2. The lowest BCUT2D eigenvalue weighted by Gasteiger charge is -2.37. The predicted molar refractivity (Wildman–Crippen MR) is 110 cm³/mol. The molecule has 1 amide bonds. The molecule has 5 nitrogen and oxygen atoms in total. The monoisotopic (exact) mass is 409 g/mol. The van der Waals surface area contributed by atoms with Gasteiger partial charge in [-0.1, -0.05) is 6.07 Å². The van der Waals surface area contributed by atoms with Gasteiger partial charge in [0.15, 0.2) is 11.6 Å². The van der Waals surface area contributed by atoms with Crippen LogP contribution in [-0.4, -0.2) is 62.8 Å². The third kappa shape index (κ3) is 6.37. The first kappa shape index (κ1) is 22.0. The van der Waals surface area contributed by atoms with Gasteiger partial charge in [0.25, 0.3) is 0 Å². The van der Waals surface area contributed by atoms with Crippen LogP contribution in [0, 0.1) is 17.6 Å². The van der Waals surface area contributed by atoms with Crippen molar-refractivity contribution in [3.63, 3.8) is 0 Å². The summed E-state index contributed by atoms with van der Waals surface area (Å²) < 4.78 is 32.6. The van der Waals surface area contributed by atoms with Crippen molar-refractivity contribution in [1.82, 2.24) is 10.2 Å². The molecule has 1 saturated heterocycles. The maximum Gasteiger partial charge on any atom is 0.246 e. The van der Waals surface area contributed by atoms with Gasteiger partial charge >= 0.3 is 0 Å².